The zero-order chi connectivity index (χ0) is 25.3. The van der Waals surface area contributed by atoms with Gasteiger partial charge < -0.3 is 14.9 Å². The topological polar surface area (TPSA) is 109 Å². The molecule has 0 saturated heterocycles. The number of nitro groups is 1. The van der Waals surface area contributed by atoms with Crippen LogP contribution in [0.5, 0.6) is 5.75 Å². The van der Waals surface area contributed by atoms with Crippen LogP contribution in [0.1, 0.15) is 21.0 Å². The Balaban J connectivity index is 1.72. The van der Waals surface area contributed by atoms with E-state index in [1.165, 1.54) is 53.8 Å². The number of amides is 1. The molecular weight excluding hydrogens is 492 g/mol. The zero-order valence-corrected chi connectivity index (χ0v) is 18.3. The molecule has 0 fully saturated rings. The van der Waals surface area contributed by atoms with Crippen molar-refractivity contribution >= 4 is 23.1 Å². The van der Waals surface area contributed by atoms with E-state index in [-0.39, 0.29) is 28.9 Å². The van der Waals surface area contributed by atoms with Gasteiger partial charge >= 0.3 is 12.2 Å². The number of benzene rings is 2. The van der Waals surface area contributed by atoms with Crippen molar-refractivity contribution < 1.29 is 36.4 Å². The molecule has 180 valence electrons. The number of hydrogen-bond acceptors (Lipinski definition) is 6. The van der Waals surface area contributed by atoms with Gasteiger partial charge in [-0.2, -0.15) is 0 Å². The van der Waals surface area contributed by atoms with Crippen LogP contribution in [0, 0.1) is 15.9 Å². The van der Waals surface area contributed by atoms with E-state index in [9.17, 15) is 32.5 Å². The highest BCUT2D eigenvalue weighted by Crippen LogP contribution is 2.41. The first kappa shape index (κ1) is 24.0. The normalized spacial score (nSPS) is 11.4. The molecule has 4 rings (SSSR count). The van der Waals surface area contributed by atoms with Crippen LogP contribution in [0.25, 0.3) is 21.6 Å². The molecule has 2 N–H and O–H groups in total. The maximum absolute atomic E-state index is 14.6. The minimum Gasteiger partial charge on any atom is -0.406 e. The maximum Gasteiger partial charge on any atom is 0.573 e. The number of nitrogens with zero attached hydrogens (tertiary/aromatic N) is 1. The van der Waals surface area contributed by atoms with Crippen LogP contribution in [0.4, 0.5) is 23.4 Å². The fourth-order valence-corrected chi connectivity index (χ4v) is 4.54. The summed E-state index contributed by atoms with van der Waals surface area (Å²) in [4.78, 5) is 24.0. The van der Waals surface area contributed by atoms with Gasteiger partial charge in [-0.15, -0.1) is 24.5 Å². The Labute approximate surface area is 198 Å². The Kier molecular flexibility index (Phi) is 6.31. The molecule has 7 nitrogen and oxygen atoms in total. The molecule has 2 aromatic carbocycles. The average Bonchev–Trinajstić information content (AvgIpc) is 3.39. The summed E-state index contributed by atoms with van der Waals surface area (Å²) >= 11 is 1.23. The van der Waals surface area contributed by atoms with Crippen LogP contribution in [0.3, 0.4) is 0 Å². The third-order valence-electron chi connectivity index (χ3n) is 4.91. The quantitative estimate of drug-likeness (QED) is 0.180. The first-order chi connectivity index (χ1) is 16.5. The number of halogens is 4. The Hall–Kier alpha value is -4.19. The van der Waals surface area contributed by atoms with Crippen molar-refractivity contribution in [2.75, 3.05) is 0 Å². The minimum atomic E-state index is -4.81. The fourth-order valence-electron chi connectivity index (χ4n) is 3.51. The third kappa shape index (κ3) is 5.17. The highest BCUT2D eigenvalue weighted by atomic mass is 32.1. The number of ether oxygens (including phenoxy) is 1. The lowest BCUT2D eigenvalue weighted by Gasteiger charge is -2.08. The number of hydrogen-bond donors (Lipinski definition) is 1. The summed E-state index contributed by atoms with van der Waals surface area (Å²) in [7, 11) is 0. The number of alkyl halides is 3. The summed E-state index contributed by atoms with van der Waals surface area (Å²) in [5.41, 5.74) is 5.72. The van der Waals surface area contributed by atoms with Crippen molar-refractivity contribution in [3.63, 3.8) is 0 Å². The standard InChI is InChI=1S/C23H14F4N2O5S/c24-17-4-2-1-3-15(17)19-16(20(21(28)30)33-22(19)29(31)32)11-14-9-10-18(35-14)12-5-7-13(8-6-12)34-23(25,26)27/h1-10H,11H2,(H2,28,30). The molecule has 4 aromatic rings. The van der Waals surface area contributed by atoms with Crippen molar-refractivity contribution in [1.29, 1.82) is 0 Å². The second kappa shape index (κ2) is 9.22. The summed E-state index contributed by atoms with van der Waals surface area (Å²) in [6.07, 6.45) is -4.85. The molecule has 2 aromatic heterocycles. The molecule has 1 amide bonds. The van der Waals surface area contributed by atoms with E-state index in [1.807, 2.05) is 0 Å². The predicted octanol–water partition coefficient (Wildman–Crippen LogP) is 6.31. The SMILES string of the molecule is NC(=O)c1oc([N+](=O)[O-])c(-c2ccccc2F)c1Cc1ccc(-c2ccc(OC(F)(F)F)cc2)s1. The summed E-state index contributed by atoms with van der Waals surface area (Å²) in [6, 6.07) is 13.9. The summed E-state index contributed by atoms with van der Waals surface area (Å²) in [5.74, 6) is -3.44. The Bertz CT molecular complexity index is 1410. The molecule has 0 aliphatic heterocycles. The second-order valence-corrected chi connectivity index (χ2v) is 8.37. The summed E-state index contributed by atoms with van der Waals surface area (Å²) < 4.78 is 60.7. The van der Waals surface area contributed by atoms with E-state index in [2.05, 4.69) is 4.74 Å². The van der Waals surface area contributed by atoms with Crippen LogP contribution in [0.15, 0.2) is 65.1 Å². The van der Waals surface area contributed by atoms with Crippen LogP contribution in [-0.2, 0) is 6.42 Å². The monoisotopic (exact) mass is 506 g/mol. The van der Waals surface area contributed by atoms with Crippen molar-refractivity contribution in [1.82, 2.24) is 0 Å². The second-order valence-electron chi connectivity index (χ2n) is 7.21. The highest BCUT2D eigenvalue weighted by molar-refractivity contribution is 7.15. The molecule has 0 radical (unpaired) electrons. The molecule has 35 heavy (non-hydrogen) atoms. The van der Waals surface area contributed by atoms with E-state index in [0.717, 1.165) is 6.07 Å². The lowest BCUT2D eigenvalue weighted by atomic mass is 9.98. The van der Waals surface area contributed by atoms with Crippen LogP contribution < -0.4 is 10.5 Å². The van der Waals surface area contributed by atoms with E-state index < -0.39 is 34.7 Å². The van der Waals surface area contributed by atoms with Gasteiger partial charge in [-0.1, -0.05) is 18.2 Å². The van der Waals surface area contributed by atoms with E-state index in [4.69, 9.17) is 10.2 Å². The van der Waals surface area contributed by atoms with E-state index in [0.29, 0.717) is 15.3 Å². The lowest BCUT2D eigenvalue weighted by Crippen LogP contribution is -2.16. The molecule has 0 saturated carbocycles. The molecule has 0 aliphatic rings. The number of carbonyl (C=O) groups excluding carboxylic acids is 1. The molecule has 0 unspecified atom stereocenters. The smallest absolute Gasteiger partial charge is 0.406 e. The molecular formula is C23H14F4N2O5S. The molecule has 12 heteroatoms. The van der Waals surface area contributed by atoms with E-state index in [1.54, 1.807) is 12.1 Å². The number of nitrogens with two attached hydrogens (primary N) is 1. The maximum atomic E-state index is 14.6. The Morgan fingerprint density at radius 2 is 1.77 bits per heavy atom. The van der Waals surface area contributed by atoms with Gasteiger partial charge in [0.2, 0.25) is 5.76 Å². The average molecular weight is 506 g/mol. The first-order valence-electron chi connectivity index (χ1n) is 9.83. The number of thiophene rings is 1. The van der Waals surface area contributed by atoms with Crippen molar-refractivity contribution in [3.05, 3.63) is 92.8 Å². The molecule has 0 atom stereocenters. The number of carbonyl (C=O) groups is 1. The van der Waals surface area contributed by atoms with Gasteiger partial charge in [0, 0.05) is 27.3 Å². The molecule has 0 bridgehead atoms. The van der Waals surface area contributed by atoms with E-state index >= 15 is 0 Å². The molecule has 0 spiro atoms. The van der Waals surface area contributed by atoms with Crippen molar-refractivity contribution in [2.45, 2.75) is 12.8 Å². The molecule has 2 heterocycles. The van der Waals surface area contributed by atoms with Gasteiger partial charge in [-0.05, 0) is 48.0 Å². The Morgan fingerprint density at radius 3 is 2.37 bits per heavy atom. The Morgan fingerprint density at radius 1 is 1.09 bits per heavy atom. The zero-order valence-electron chi connectivity index (χ0n) is 17.5. The summed E-state index contributed by atoms with van der Waals surface area (Å²) in [6.45, 7) is 0. The fraction of sp³-hybridized carbons (Fsp3) is 0.0870. The number of furan rings is 1. The van der Waals surface area contributed by atoms with Crippen molar-refractivity contribution in [3.8, 4) is 27.3 Å². The lowest BCUT2D eigenvalue weighted by molar-refractivity contribution is -0.401. The van der Waals surface area contributed by atoms with Crippen molar-refractivity contribution in [2.24, 2.45) is 5.73 Å². The van der Waals surface area contributed by atoms with Gasteiger partial charge in [0.1, 0.15) is 22.1 Å². The van der Waals surface area contributed by atoms with Crippen LogP contribution in [0.2, 0.25) is 0 Å². The van der Waals surface area contributed by atoms with Crippen LogP contribution in [-0.4, -0.2) is 17.2 Å². The van der Waals surface area contributed by atoms with Gasteiger partial charge in [0.05, 0.1) is 0 Å². The van der Waals surface area contributed by atoms with Gasteiger partial charge in [0.15, 0.2) is 0 Å². The number of primary amides is 1. The number of rotatable bonds is 7. The van der Waals surface area contributed by atoms with Gasteiger partial charge in [-0.25, -0.2) is 4.39 Å². The summed E-state index contributed by atoms with van der Waals surface area (Å²) in [5, 5.41) is 11.6. The predicted molar refractivity (Wildman–Crippen MR) is 119 cm³/mol. The van der Waals surface area contributed by atoms with Crippen LogP contribution >= 0.6 is 11.3 Å². The highest BCUT2D eigenvalue weighted by Gasteiger charge is 2.33. The minimum absolute atomic E-state index is 0.0424. The third-order valence-corrected chi connectivity index (χ3v) is 6.04. The first-order valence-corrected chi connectivity index (χ1v) is 10.6. The molecule has 0 aliphatic carbocycles. The van der Waals surface area contributed by atoms with Gasteiger partial charge in [-0.3, -0.25) is 14.9 Å². The largest absolute Gasteiger partial charge is 0.573 e. The van der Waals surface area contributed by atoms with Gasteiger partial charge in [0.25, 0.3) is 5.91 Å².